The van der Waals surface area contributed by atoms with E-state index in [4.69, 9.17) is 4.74 Å². The van der Waals surface area contributed by atoms with Gasteiger partial charge >= 0.3 is 11.9 Å². The van der Waals surface area contributed by atoms with Gasteiger partial charge in [-0.3, -0.25) is 14.4 Å². The molecule has 0 bridgehead atoms. The first-order valence-electron chi connectivity index (χ1n) is 14.9. The molecule has 38 heavy (non-hydrogen) atoms. The van der Waals surface area contributed by atoms with Crippen LogP contribution in [-0.4, -0.2) is 40.1 Å². The Morgan fingerprint density at radius 3 is 2.29 bits per heavy atom. The second kappa shape index (κ2) is 8.65. The molecule has 2 N–H and O–H groups in total. The minimum absolute atomic E-state index is 0.0326. The summed E-state index contributed by atoms with van der Waals surface area (Å²) in [6, 6.07) is 0. The van der Waals surface area contributed by atoms with E-state index in [1.165, 1.54) is 6.92 Å². The summed E-state index contributed by atoms with van der Waals surface area (Å²) in [6.45, 7) is 16.0. The molecule has 2 spiro atoms. The number of carbonyl (C=O) groups excluding carboxylic acids is 2. The van der Waals surface area contributed by atoms with Crippen LogP contribution in [0.1, 0.15) is 106 Å². The van der Waals surface area contributed by atoms with Gasteiger partial charge in [-0.25, -0.2) is 0 Å². The second-order valence-electron chi connectivity index (χ2n) is 14.7. The zero-order chi connectivity index (χ0) is 28.1. The van der Waals surface area contributed by atoms with Gasteiger partial charge in [-0.2, -0.15) is 0 Å². The number of carboxylic acid groups (broad SMARTS) is 1. The molecule has 0 amide bonds. The number of allylic oxidation sites excluding steroid dienone is 1. The van der Waals surface area contributed by atoms with E-state index < -0.39 is 17.5 Å². The number of carboxylic acids is 1. The summed E-state index contributed by atoms with van der Waals surface area (Å²) in [6.07, 6.45) is 7.37. The highest BCUT2D eigenvalue weighted by atomic mass is 16.5. The number of ketones is 1. The number of fused-ring (bicyclic) bond motifs is 2. The Bertz CT molecular complexity index is 1070. The molecule has 11 atom stereocenters. The average Bonchev–Trinajstić information content (AvgIpc) is 3.40. The van der Waals surface area contributed by atoms with E-state index in [0.717, 1.165) is 44.9 Å². The Balaban J connectivity index is 1.51. The van der Waals surface area contributed by atoms with Crippen molar-refractivity contribution in [1.29, 1.82) is 0 Å². The molecule has 6 nitrogen and oxygen atoms in total. The largest absolute Gasteiger partial charge is 0.481 e. The highest BCUT2D eigenvalue weighted by Crippen LogP contribution is 2.89. The first kappa shape index (κ1) is 27.9. The van der Waals surface area contributed by atoms with Crippen LogP contribution in [0.15, 0.2) is 12.2 Å². The lowest BCUT2D eigenvalue weighted by Crippen LogP contribution is -2.64. The van der Waals surface area contributed by atoms with E-state index in [0.29, 0.717) is 36.7 Å². The van der Waals surface area contributed by atoms with Gasteiger partial charge in [0.2, 0.25) is 0 Å². The predicted octanol–water partition coefficient (Wildman–Crippen LogP) is 5.95. The number of aliphatic hydroxyl groups is 1. The molecule has 0 aliphatic heterocycles. The van der Waals surface area contributed by atoms with Crippen molar-refractivity contribution >= 4 is 17.7 Å². The first-order chi connectivity index (χ1) is 17.6. The topological polar surface area (TPSA) is 101 Å². The zero-order valence-corrected chi connectivity index (χ0v) is 24.3. The number of rotatable bonds is 7. The van der Waals surface area contributed by atoms with Crippen molar-refractivity contribution in [3.8, 4) is 0 Å². The second-order valence-corrected chi connectivity index (χ2v) is 14.7. The Hall–Kier alpha value is -1.69. The summed E-state index contributed by atoms with van der Waals surface area (Å²) in [7, 11) is 0. The van der Waals surface area contributed by atoms with Crippen molar-refractivity contribution < 1.29 is 29.3 Å². The van der Waals surface area contributed by atoms with Crippen LogP contribution in [0.3, 0.4) is 0 Å². The Morgan fingerprint density at radius 2 is 1.68 bits per heavy atom. The molecule has 0 aromatic rings. The van der Waals surface area contributed by atoms with Crippen molar-refractivity contribution in [1.82, 2.24) is 0 Å². The Morgan fingerprint density at radius 1 is 1.00 bits per heavy atom. The van der Waals surface area contributed by atoms with E-state index in [-0.39, 0.29) is 51.4 Å². The molecule has 0 aromatic carbocycles. The zero-order valence-electron chi connectivity index (χ0n) is 24.3. The van der Waals surface area contributed by atoms with Gasteiger partial charge in [-0.15, -0.1) is 0 Å². The van der Waals surface area contributed by atoms with E-state index in [1.807, 2.05) is 0 Å². The Kier molecular flexibility index (Phi) is 6.34. The van der Waals surface area contributed by atoms with Gasteiger partial charge in [0.05, 0.1) is 11.5 Å². The van der Waals surface area contributed by atoms with Crippen LogP contribution in [0.5, 0.6) is 0 Å². The number of aliphatic carboxylic acids is 1. The summed E-state index contributed by atoms with van der Waals surface area (Å²) >= 11 is 0. The minimum Gasteiger partial charge on any atom is -0.481 e. The van der Waals surface area contributed by atoms with Crippen LogP contribution < -0.4 is 0 Å². The van der Waals surface area contributed by atoms with Crippen molar-refractivity contribution in [2.75, 3.05) is 0 Å². The molecular weight excluding hydrogens is 480 g/mol. The van der Waals surface area contributed by atoms with Crippen LogP contribution in [0.4, 0.5) is 0 Å². The lowest BCUT2D eigenvalue weighted by atomic mass is 9.41. The molecule has 5 aliphatic carbocycles. The SMILES string of the molecule is C=C(C)C(=O)CC[C@@H](C)[C@H]1CC[C@@]2(C)[C@@H]3[C@@H](OC(C)=O)C[C@H]4[C@](C)(C(=O)O)[C@@H](O)CC[C@@]45C[C@@]35CC[C@]12C. The Labute approximate surface area is 228 Å². The summed E-state index contributed by atoms with van der Waals surface area (Å²) in [4.78, 5) is 37.4. The lowest BCUT2D eigenvalue weighted by molar-refractivity contribution is -0.219. The lowest BCUT2D eigenvalue weighted by Gasteiger charge is -2.64. The summed E-state index contributed by atoms with van der Waals surface area (Å²) in [5.41, 5.74) is -0.696. The normalized spacial score (nSPS) is 49.5. The van der Waals surface area contributed by atoms with Gasteiger partial charge in [0.1, 0.15) is 6.10 Å². The summed E-state index contributed by atoms with van der Waals surface area (Å²) < 4.78 is 6.16. The highest BCUT2D eigenvalue weighted by Gasteiger charge is 2.85. The number of hydrogen-bond donors (Lipinski definition) is 2. The molecule has 5 aliphatic rings. The maximum atomic E-state index is 12.7. The van der Waals surface area contributed by atoms with Crippen molar-refractivity contribution in [2.45, 2.75) is 118 Å². The molecule has 5 rings (SSSR count). The fourth-order valence-corrected chi connectivity index (χ4v) is 11.4. The third-order valence-corrected chi connectivity index (χ3v) is 13.5. The smallest absolute Gasteiger partial charge is 0.312 e. The van der Waals surface area contributed by atoms with Crippen LogP contribution in [0, 0.1) is 50.7 Å². The molecular formula is C32H48O6. The molecule has 0 radical (unpaired) electrons. The van der Waals surface area contributed by atoms with Gasteiger partial charge in [0, 0.05) is 19.3 Å². The van der Waals surface area contributed by atoms with Crippen molar-refractivity contribution in [3.05, 3.63) is 12.2 Å². The van der Waals surface area contributed by atoms with Crippen LogP contribution >= 0.6 is 0 Å². The first-order valence-corrected chi connectivity index (χ1v) is 14.9. The maximum Gasteiger partial charge on any atom is 0.312 e. The van der Waals surface area contributed by atoms with Crippen molar-refractivity contribution in [3.63, 3.8) is 0 Å². The monoisotopic (exact) mass is 528 g/mol. The number of ether oxygens (including phenoxy) is 1. The van der Waals surface area contributed by atoms with E-state index in [2.05, 4.69) is 27.4 Å². The molecule has 0 heterocycles. The fraction of sp³-hybridized carbons (Fsp3) is 0.844. The van der Waals surface area contributed by atoms with Crippen LogP contribution in [0.2, 0.25) is 0 Å². The van der Waals surface area contributed by atoms with Gasteiger partial charge in [0.15, 0.2) is 5.78 Å². The quantitative estimate of drug-likeness (QED) is 0.313. The van der Waals surface area contributed by atoms with Gasteiger partial charge in [0.25, 0.3) is 0 Å². The van der Waals surface area contributed by atoms with Gasteiger partial charge < -0.3 is 14.9 Å². The third-order valence-electron chi connectivity index (χ3n) is 13.5. The van der Waals surface area contributed by atoms with Crippen LogP contribution in [0.25, 0.3) is 0 Å². The van der Waals surface area contributed by atoms with E-state index in [9.17, 15) is 24.6 Å². The number of aliphatic hydroxyl groups excluding tert-OH is 1. The molecule has 0 unspecified atom stereocenters. The molecule has 6 heteroatoms. The van der Waals surface area contributed by atoms with Gasteiger partial charge in [-0.1, -0.05) is 27.4 Å². The van der Waals surface area contributed by atoms with Gasteiger partial charge in [-0.05, 0) is 117 Å². The molecule has 0 saturated heterocycles. The fourth-order valence-electron chi connectivity index (χ4n) is 11.4. The summed E-state index contributed by atoms with van der Waals surface area (Å²) in [5, 5.41) is 21.3. The molecule has 5 saturated carbocycles. The summed E-state index contributed by atoms with van der Waals surface area (Å²) in [5.74, 6) is -0.183. The van der Waals surface area contributed by atoms with Crippen LogP contribution in [-0.2, 0) is 19.1 Å². The van der Waals surface area contributed by atoms with E-state index in [1.54, 1.807) is 13.8 Å². The number of esters is 1. The molecule has 5 fully saturated rings. The molecule has 0 aromatic heterocycles. The highest BCUT2D eigenvalue weighted by molar-refractivity contribution is 5.94. The maximum absolute atomic E-state index is 12.7. The molecule has 212 valence electrons. The average molecular weight is 529 g/mol. The van der Waals surface area contributed by atoms with Crippen molar-refractivity contribution in [2.24, 2.45) is 50.7 Å². The minimum atomic E-state index is -1.23. The third kappa shape index (κ3) is 3.37. The number of Topliss-reactive ketones (excluding diaryl/α,β-unsaturated/α-hetero) is 1. The van der Waals surface area contributed by atoms with E-state index >= 15 is 0 Å². The number of hydrogen-bond acceptors (Lipinski definition) is 5. The predicted molar refractivity (Wildman–Crippen MR) is 144 cm³/mol. The number of carbonyl (C=O) groups is 3. The standard InChI is InChI=1S/C32H48O6/c1-18(2)22(34)9-8-19(3)21-10-12-29(6)26-23(38-20(4)33)16-24-30(7,27(36)37)25(35)11-13-31(24)17-32(26,31)15-14-28(21,29)5/h19,21,23-26,35H,1,8-17H2,2-7H3,(H,36,37)/t19-,21-,23+,24+,25+,26+,28-,29+,30+,31-,32+/m1/s1.